The van der Waals surface area contributed by atoms with Crippen LogP contribution >= 0.6 is 7.75 Å². The Morgan fingerprint density at radius 2 is 1.81 bits per heavy atom. The highest BCUT2D eigenvalue weighted by Gasteiger charge is 2.54. The number of imidazole rings is 1. The lowest BCUT2D eigenvalue weighted by atomic mass is 9.96. The predicted molar refractivity (Wildman–Crippen MR) is 169 cm³/mol. The molecule has 47 heavy (non-hydrogen) atoms. The van der Waals surface area contributed by atoms with E-state index in [1.165, 1.54) is 30.8 Å². The first kappa shape index (κ1) is 36.0. The lowest BCUT2D eigenvalue weighted by molar-refractivity contribution is -0.149. The maximum Gasteiger partial charge on any atom is 0.459 e. The van der Waals surface area contributed by atoms with E-state index in [0.717, 1.165) is 0 Å². The third-order valence-electron chi connectivity index (χ3n) is 7.10. The fourth-order valence-corrected chi connectivity index (χ4v) is 6.42. The van der Waals surface area contributed by atoms with Gasteiger partial charge in [0.25, 0.3) is 0 Å². The van der Waals surface area contributed by atoms with Gasteiger partial charge in [-0.3, -0.25) is 18.7 Å². The molecule has 258 valence electrons. The van der Waals surface area contributed by atoms with Gasteiger partial charge in [-0.1, -0.05) is 18.2 Å². The average Bonchev–Trinajstić information content (AvgIpc) is 3.48. The topological polar surface area (TPSA) is 245 Å². The summed E-state index contributed by atoms with van der Waals surface area (Å²) in [7, 11) is -4.46. The van der Waals surface area contributed by atoms with Crippen molar-refractivity contribution >= 4 is 42.6 Å². The summed E-state index contributed by atoms with van der Waals surface area (Å²) in [5, 5.41) is 25.0. The molecular weight excluding hydrogens is 637 g/mol. The second-order valence-corrected chi connectivity index (χ2v) is 13.5. The molecular formula is C29H42N7O10P. The van der Waals surface area contributed by atoms with E-state index >= 15 is 0 Å². The summed E-state index contributed by atoms with van der Waals surface area (Å²) in [4.78, 5) is 37.0. The molecule has 3 aromatic rings. The molecule has 1 fully saturated rings. The molecule has 0 radical (unpaired) electrons. The fraction of sp³-hybridized carbons (Fsp3) is 0.552. The third-order valence-corrected chi connectivity index (χ3v) is 8.73. The van der Waals surface area contributed by atoms with Crippen molar-refractivity contribution in [1.29, 1.82) is 0 Å². The van der Waals surface area contributed by atoms with E-state index in [-0.39, 0.29) is 47.6 Å². The Kier molecular flexibility index (Phi) is 11.1. The lowest BCUT2D eigenvalue weighted by Crippen LogP contribution is -2.44. The summed E-state index contributed by atoms with van der Waals surface area (Å²) in [6, 6.07) is 5.41. The molecule has 0 bridgehead atoms. The molecule has 1 unspecified atom stereocenters. The molecule has 1 saturated heterocycles. The highest BCUT2D eigenvalue weighted by atomic mass is 31.2. The number of fused-ring (bicyclic) bond motifs is 1. The molecule has 1 aliphatic heterocycles. The smallest absolute Gasteiger partial charge is 0.459 e. The molecule has 18 heteroatoms. The van der Waals surface area contributed by atoms with Gasteiger partial charge in [0, 0.05) is 6.42 Å². The van der Waals surface area contributed by atoms with Crippen LogP contribution in [-0.2, 0) is 39.3 Å². The van der Waals surface area contributed by atoms with Crippen LogP contribution in [0.4, 0.5) is 11.8 Å². The van der Waals surface area contributed by atoms with Crippen molar-refractivity contribution in [3.8, 4) is 5.75 Å². The van der Waals surface area contributed by atoms with Gasteiger partial charge in [0.15, 0.2) is 17.7 Å². The summed E-state index contributed by atoms with van der Waals surface area (Å²) in [6.07, 6.45) is -3.31. The molecule has 0 saturated carbocycles. The van der Waals surface area contributed by atoms with Crippen molar-refractivity contribution in [1.82, 2.24) is 24.6 Å². The first-order chi connectivity index (χ1) is 22.0. The number of anilines is 2. The zero-order chi connectivity index (χ0) is 34.7. The van der Waals surface area contributed by atoms with Crippen molar-refractivity contribution in [3.63, 3.8) is 0 Å². The Balaban J connectivity index is 1.58. The van der Waals surface area contributed by atoms with Crippen molar-refractivity contribution in [2.45, 2.75) is 96.7 Å². The van der Waals surface area contributed by atoms with E-state index < -0.39 is 62.5 Å². The molecule has 1 aliphatic rings. The molecule has 0 spiro atoms. The highest BCUT2D eigenvalue weighted by Crippen LogP contribution is 2.48. The van der Waals surface area contributed by atoms with Gasteiger partial charge >= 0.3 is 19.7 Å². The van der Waals surface area contributed by atoms with Crippen LogP contribution in [0.25, 0.3) is 11.2 Å². The Bertz CT molecular complexity index is 1630. The molecule has 4 rings (SSSR count). The number of benzene rings is 1. The number of nitrogens with zero attached hydrogens (tertiary/aromatic N) is 4. The van der Waals surface area contributed by atoms with Crippen molar-refractivity contribution in [3.05, 3.63) is 36.2 Å². The Morgan fingerprint density at radius 3 is 2.49 bits per heavy atom. The number of carbonyl (C=O) groups is 2. The predicted octanol–water partition coefficient (Wildman–Crippen LogP) is 2.02. The minimum Gasteiger partial charge on any atom is -0.463 e. The summed E-state index contributed by atoms with van der Waals surface area (Å²) in [5.74, 6) is -1.15. The second-order valence-electron chi connectivity index (χ2n) is 11.9. The number of nitrogens with one attached hydrogen (secondary N) is 1. The van der Waals surface area contributed by atoms with Crippen molar-refractivity contribution < 1.29 is 47.6 Å². The summed E-state index contributed by atoms with van der Waals surface area (Å²) >= 11 is 0. The van der Waals surface area contributed by atoms with Crippen molar-refractivity contribution in [2.24, 2.45) is 0 Å². The van der Waals surface area contributed by atoms with E-state index in [9.17, 15) is 24.4 Å². The van der Waals surface area contributed by atoms with Gasteiger partial charge in [0.2, 0.25) is 5.95 Å². The molecule has 7 N–H and O–H groups in total. The lowest BCUT2D eigenvalue weighted by Gasteiger charge is -2.27. The van der Waals surface area contributed by atoms with Crippen LogP contribution in [0, 0.1) is 0 Å². The maximum absolute atomic E-state index is 14.3. The summed E-state index contributed by atoms with van der Waals surface area (Å²) in [5.41, 5.74) is 10.6. The van der Waals surface area contributed by atoms with Gasteiger partial charge in [0.05, 0.1) is 25.1 Å². The molecule has 0 aliphatic carbocycles. The first-order valence-corrected chi connectivity index (χ1v) is 16.6. The SMILES string of the molecule is CC(C)OC(=O)CCc1ccccc1OP(=O)(N[C@@H](C)C(=O)OC(C)C)OC[C@H]1O[C@@H](n2cnc3c(N)nc(N)nc32)[C@](C)(O)[C@@H]1O. The van der Waals surface area contributed by atoms with Crippen LogP contribution in [0.15, 0.2) is 30.6 Å². The number of hydrogen-bond acceptors (Lipinski definition) is 15. The van der Waals surface area contributed by atoms with Crippen molar-refractivity contribution in [2.75, 3.05) is 18.1 Å². The quantitative estimate of drug-likeness (QED) is 0.121. The van der Waals surface area contributed by atoms with Gasteiger partial charge < -0.3 is 40.4 Å². The largest absolute Gasteiger partial charge is 0.463 e. The van der Waals surface area contributed by atoms with Gasteiger partial charge in [0.1, 0.15) is 35.1 Å². The molecule has 2 aromatic heterocycles. The minimum absolute atomic E-state index is 0.00990. The summed E-state index contributed by atoms with van der Waals surface area (Å²) in [6.45, 7) is 8.99. The van der Waals surface area contributed by atoms with E-state index in [2.05, 4.69) is 20.0 Å². The molecule has 3 heterocycles. The number of esters is 2. The highest BCUT2D eigenvalue weighted by molar-refractivity contribution is 7.52. The number of aliphatic hydroxyl groups excluding tert-OH is 1. The molecule has 1 aromatic carbocycles. The number of ether oxygens (including phenoxy) is 3. The Labute approximate surface area is 271 Å². The van der Waals surface area contributed by atoms with Crippen LogP contribution in [0.1, 0.15) is 59.8 Å². The zero-order valence-electron chi connectivity index (χ0n) is 27.0. The maximum atomic E-state index is 14.3. The standard InChI is InChI=1S/C29H42N7O10P/c1-15(2)43-21(37)12-11-18-9-7-8-10-19(18)46-47(41,35-17(5)26(39)44-16(3)4)42-13-20-23(38)29(6,40)27(45-20)36-14-32-22-24(30)33-28(31)34-25(22)36/h7-10,14-17,20,23,27,38,40H,11-13H2,1-6H3,(H,35,41)(H4,30,31,33,34)/t17-,20+,23+,27+,29+,47?/m0/s1. The van der Waals surface area contributed by atoms with Crippen LogP contribution in [0.3, 0.4) is 0 Å². The second kappa shape index (κ2) is 14.5. The van der Waals surface area contributed by atoms with Gasteiger partial charge in [-0.2, -0.15) is 15.1 Å². The van der Waals surface area contributed by atoms with Crippen LogP contribution in [0.5, 0.6) is 5.75 Å². The van der Waals surface area contributed by atoms with Crippen LogP contribution in [0.2, 0.25) is 0 Å². The van der Waals surface area contributed by atoms with Gasteiger partial charge in [-0.05, 0) is 59.6 Å². The average molecular weight is 680 g/mol. The number of nitrogens with two attached hydrogens (primary N) is 2. The number of aliphatic hydroxyl groups is 2. The van der Waals surface area contributed by atoms with E-state index in [1.54, 1.807) is 45.9 Å². The number of hydrogen-bond donors (Lipinski definition) is 5. The normalized spacial score (nSPS) is 23.1. The molecule has 17 nitrogen and oxygen atoms in total. The van der Waals surface area contributed by atoms with E-state index in [1.807, 2.05) is 0 Å². The Hall–Kier alpha value is -3.86. The van der Waals surface area contributed by atoms with Crippen LogP contribution < -0.4 is 21.1 Å². The van der Waals surface area contributed by atoms with Gasteiger partial charge in [-0.25, -0.2) is 9.55 Å². The number of aryl methyl sites for hydroxylation is 1. The molecule has 6 atom stereocenters. The van der Waals surface area contributed by atoms with E-state index in [0.29, 0.717) is 5.56 Å². The fourth-order valence-electron chi connectivity index (χ4n) is 4.88. The first-order valence-electron chi connectivity index (χ1n) is 15.0. The van der Waals surface area contributed by atoms with Crippen LogP contribution in [-0.4, -0.2) is 84.3 Å². The van der Waals surface area contributed by atoms with E-state index in [4.69, 9.17) is 34.7 Å². The number of aromatic nitrogens is 4. The third kappa shape index (κ3) is 8.54. The number of nitrogen functional groups attached to an aromatic ring is 2. The minimum atomic E-state index is -4.46. The number of rotatable bonds is 14. The monoisotopic (exact) mass is 679 g/mol. The number of para-hydroxylation sites is 1. The van der Waals surface area contributed by atoms with Gasteiger partial charge in [-0.15, -0.1) is 0 Å². The summed E-state index contributed by atoms with van der Waals surface area (Å²) < 4.78 is 43.8. The number of carbonyl (C=O) groups excluding carboxylic acids is 2. The Morgan fingerprint density at radius 1 is 1.13 bits per heavy atom. The zero-order valence-corrected chi connectivity index (χ0v) is 27.9. The molecule has 0 amide bonds.